The molecule has 0 aliphatic carbocycles. The number of rotatable bonds is 7. The highest BCUT2D eigenvalue weighted by atomic mass is 32.1. The van der Waals surface area contributed by atoms with Gasteiger partial charge in [0.1, 0.15) is 12.0 Å². The first-order valence-electron chi connectivity index (χ1n) is 9.77. The average Bonchev–Trinajstić information content (AvgIpc) is 3.44. The van der Waals surface area contributed by atoms with Crippen LogP contribution in [0.1, 0.15) is 10.7 Å². The maximum atomic E-state index is 12.2. The van der Waals surface area contributed by atoms with Crippen LogP contribution in [0.2, 0.25) is 0 Å². The molecular weight excluding hydrogens is 412 g/mol. The number of amides is 2. The highest BCUT2D eigenvalue weighted by Crippen LogP contribution is 2.23. The van der Waals surface area contributed by atoms with E-state index in [1.807, 2.05) is 60.8 Å². The molecule has 0 bridgehead atoms. The number of aryl methyl sites for hydroxylation is 1. The maximum absolute atomic E-state index is 12.2. The van der Waals surface area contributed by atoms with Crippen molar-refractivity contribution >= 4 is 23.1 Å². The maximum Gasteiger partial charge on any atom is 0.319 e. The lowest BCUT2D eigenvalue weighted by molar-refractivity contribution is 0.252. The zero-order valence-corrected chi connectivity index (χ0v) is 18.0. The first-order chi connectivity index (χ1) is 15.1. The Morgan fingerprint density at radius 2 is 1.81 bits per heavy atom. The van der Waals surface area contributed by atoms with Crippen molar-refractivity contribution in [3.63, 3.8) is 0 Å². The molecule has 2 aromatic heterocycles. The van der Waals surface area contributed by atoms with Crippen molar-refractivity contribution in [3.05, 3.63) is 70.9 Å². The molecule has 2 aromatic carbocycles. The van der Waals surface area contributed by atoms with Gasteiger partial charge in [-0.15, -0.1) is 11.3 Å². The number of hydrogen-bond donors (Lipinski definition) is 2. The third-order valence-corrected chi connectivity index (χ3v) is 5.39. The van der Waals surface area contributed by atoms with E-state index < -0.39 is 0 Å². The van der Waals surface area contributed by atoms with Gasteiger partial charge in [-0.3, -0.25) is 0 Å². The lowest BCUT2D eigenvalue weighted by Crippen LogP contribution is -2.30. The Labute approximate surface area is 184 Å². The largest absolute Gasteiger partial charge is 0.497 e. The average molecular weight is 435 g/mol. The number of urea groups is 1. The van der Waals surface area contributed by atoms with Crippen LogP contribution in [0, 0.1) is 6.92 Å². The fraction of sp³-hybridized carbons (Fsp3) is 0.174. The van der Waals surface area contributed by atoms with Crippen molar-refractivity contribution < 1.29 is 13.9 Å². The Kier molecular flexibility index (Phi) is 6.28. The number of nitrogens with zero attached hydrogens (tertiary/aromatic N) is 2. The predicted octanol–water partition coefficient (Wildman–Crippen LogP) is 5.15. The Balaban J connectivity index is 1.25. The van der Waals surface area contributed by atoms with Crippen molar-refractivity contribution in [2.75, 3.05) is 19.0 Å². The van der Waals surface area contributed by atoms with Crippen LogP contribution in [-0.2, 0) is 6.42 Å². The molecule has 0 aliphatic rings. The Morgan fingerprint density at radius 1 is 1.06 bits per heavy atom. The van der Waals surface area contributed by atoms with E-state index in [1.165, 1.54) is 0 Å². The highest BCUT2D eigenvalue weighted by molar-refractivity contribution is 7.09. The van der Waals surface area contributed by atoms with E-state index in [4.69, 9.17) is 9.15 Å². The molecule has 31 heavy (non-hydrogen) atoms. The molecule has 0 atom stereocenters. The number of hydrogen-bond acceptors (Lipinski definition) is 6. The Hall–Kier alpha value is -3.65. The summed E-state index contributed by atoms with van der Waals surface area (Å²) in [5, 5.41) is 8.71. The van der Waals surface area contributed by atoms with Gasteiger partial charge in [-0.25, -0.2) is 14.8 Å². The van der Waals surface area contributed by atoms with Gasteiger partial charge in [0, 0.05) is 35.2 Å². The predicted molar refractivity (Wildman–Crippen MR) is 122 cm³/mol. The van der Waals surface area contributed by atoms with Crippen LogP contribution in [-0.4, -0.2) is 29.7 Å². The molecule has 0 radical (unpaired) electrons. The van der Waals surface area contributed by atoms with Crippen LogP contribution in [0.15, 0.2) is 64.6 Å². The van der Waals surface area contributed by atoms with Gasteiger partial charge >= 0.3 is 6.03 Å². The van der Waals surface area contributed by atoms with Gasteiger partial charge in [0.15, 0.2) is 0 Å². The summed E-state index contributed by atoms with van der Waals surface area (Å²) in [6, 6.07) is 14.8. The van der Waals surface area contributed by atoms with Crippen LogP contribution < -0.4 is 15.4 Å². The van der Waals surface area contributed by atoms with Crippen molar-refractivity contribution in [3.8, 4) is 28.5 Å². The lowest BCUT2D eigenvalue weighted by Gasteiger charge is -2.07. The second kappa shape index (κ2) is 9.44. The summed E-state index contributed by atoms with van der Waals surface area (Å²) in [7, 11) is 1.62. The quantitative estimate of drug-likeness (QED) is 0.420. The van der Waals surface area contributed by atoms with Gasteiger partial charge in [0.2, 0.25) is 5.89 Å². The summed E-state index contributed by atoms with van der Waals surface area (Å²) < 4.78 is 10.7. The third kappa shape index (κ3) is 5.29. The van der Waals surface area contributed by atoms with Crippen molar-refractivity contribution in [1.82, 2.24) is 15.3 Å². The number of thiazole rings is 1. The van der Waals surface area contributed by atoms with Crippen molar-refractivity contribution in [2.45, 2.75) is 13.3 Å². The van der Waals surface area contributed by atoms with E-state index >= 15 is 0 Å². The number of aromatic nitrogens is 2. The van der Waals surface area contributed by atoms with Gasteiger partial charge in [0.05, 0.1) is 23.5 Å². The number of anilines is 1. The molecule has 7 nitrogen and oxygen atoms in total. The van der Waals surface area contributed by atoms with Gasteiger partial charge in [0.25, 0.3) is 0 Å². The molecule has 4 aromatic rings. The summed E-state index contributed by atoms with van der Waals surface area (Å²) in [6.45, 7) is 2.42. The van der Waals surface area contributed by atoms with Gasteiger partial charge in [-0.1, -0.05) is 12.1 Å². The SMILES string of the molecule is COc1ccc(-c2nc(CCNC(=O)Nc3ccc(-c4csc(C)n4)cc3)co2)cc1. The molecule has 0 saturated carbocycles. The fourth-order valence-corrected chi connectivity index (χ4v) is 3.61. The molecular formula is C23H22N4O3S. The van der Waals surface area contributed by atoms with E-state index in [-0.39, 0.29) is 6.03 Å². The van der Waals surface area contributed by atoms with Crippen LogP contribution in [0.5, 0.6) is 5.75 Å². The van der Waals surface area contributed by atoms with Crippen LogP contribution in [0.4, 0.5) is 10.5 Å². The van der Waals surface area contributed by atoms with E-state index in [0.29, 0.717) is 18.9 Å². The molecule has 158 valence electrons. The number of methoxy groups -OCH3 is 1. The van der Waals surface area contributed by atoms with Crippen LogP contribution in [0.25, 0.3) is 22.7 Å². The lowest BCUT2D eigenvalue weighted by atomic mass is 10.1. The number of nitrogens with one attached hydrogen (secondary N) is 2. The number of oxazole rings is 1. The molecule has 2 N–H and O–H groups in total. The number of carbonyl (C=O) groups excluding carboxylic acids is 1. The van der Waals surface area contributed by atoms with Crippen LogP contribution >= 0.6 is 11.3 Å². The second-order valence-corrected chi connectivity index (χ2v) is 7.89. The zero-order valence-electron chi connectivity index (χ0n) is 17.2. The standard InChI is InChI=1S/C23H22N4O3S/c1-15-25-21(14-31-15)16-3-7-18(8-4-16)27-23(28)24-12-11-19-13-30-22(26-19)17-5-9-20(29-2)10-6-17/h3-10,13-14H,11-12H2,1-2H3,(H2,24,27,28). The summed E-state index contributed by atoms with van der Waals surface area (Å²) in [4.78, 5) is 21.1. The van der Waals surface area contributed by atoms with Gasteiger partial charge < -0.3 is 19.8 Å². The van der Waals surface area contributed by atoms with E-state index in [0.717, 1.165) is 39.0 Å². The third-order valence-electron chi connectivity index (χ3n) is 4.61. The minimum absolute atomic E-state index is 0.267. The summed E-state index contributed by atoms with van der Waals surface area (Å²) in [6.07, 6.45) is 2.17. The first kappa shape index (κ1) is 20.6. The fourth-order valence-electron chi connectivity index (χ4n) is 2.99. The molecule has 0 aliphatic heterocycles. The van der Waals surface area contributed by atoms with Crippen molar-refractivity contribution in [2.24, 2.45) is 0 Å². The van der Waals surface area contributed by atoms with Crippen molar-refractivity contribution in [1.29, 1.82) is 0 Å². The monoisotopic (exact) mass is 434 g/mol. The minimum atomic E-state index is -0.267. The smallest absolute Gasteiger partial charge is 0.319 e. The van der Waals surface area contributed by atoms with Gasteiger partial charge in [-0.05, 0) is 43.3 Å². The van der Waals surface area contributed by atoms with E-state index in [2.05, 4.69) is 20.6 Å². The molecule has 0 spiro atoms. The molecule has 4 rings (SSSR count). The molecule has 0 unspecified atom stereocenters. The number of ether oxygens (including phenoxy) is 1. The number of carbonyl (C=O) groups is 1. The Bertz CT molecular complexity index is 1150. The summed E-state index contributed by atoms with van der Waals surface area (Å²) >= 11 is 1.62. The first-order valence-corrected chi connectivity index (χ1v) is 10.6. The highest BCUT2D eigenvalue weighted by Gasteiger charge is 2.08. The van der Waals surface area contributed by atoms with E-state index in [1.54, 1.807) is 24.7 Å². The van der Waals surface area contributed by atoms with Gasteiger partial charge in [-0.2, -0.15) is 0 Å². The molecule has 2 heterocycles. The number of benzene rings is 2. The summed E-state index contributed by atoms with van der Waals surface area (Å²) in [5.74, 6) is 1.32. The molecule has 0 fully saturated rings. The molecule has 0 saturated heterocycles. The van der Waals surface area contributed by atoms with Crippen LogP contribution in [0.3, 0.4) is 0 Å². The zero-order chi connectivity index (χ0) is 21.6. The molecule has 8 heteroatoms. The Morgan fingerprint density at radius 3 is 2.48 bits per heavy atom. The topological polar surface area (TPSA) is 89.3 Å². The van der Waals surface area contributed by atoms with E-state index in [9.17, 15) is 4.79 Å². The summed E-state index contributed by atoms with van der Waals surface area (Å²) in [5.41, 5.74) is 4.33. The second-order valence-electron chi connectivity index (χ2n) is 6.83. The normalized spacial score (nSPS) is 10.6. The molecule has 2 amide bonds. The minimum Gasteiger partial charge on any atom is -0.497 e.